The van der Waals surface area contributed by atoms with E-state index in [2.05, 4.69) is 11.1 Å². The van der Waals surface area contributed by atoms with Crippen molar-refractivity contribution in [1.82, 2.24) is 4.98 Å². The number of nitriles is 1. The Hall–Kier alpha value is -4.18. The van der Waals surface area contributed by atoms with Gasteiger partial charge in [0, 0.05) is 18.0 Å². The number of hydrazone groups is 1. The molecular weight excluding hydrogens is 378 g/mol. The minimum atomic E-state index is -0.737. The minimum absolute atomic E-state index is 0.374. The molecule has 4 rings (SSSR count). The van der Waals surface area contributed by atoms with Crippen molar-refractivity contribution in [2.24, 2.45) is 5.10 Å². The molecule has 2 aromatic carbocycles. The molecular formula is C23H19N5O2. The lowest BCUT2D eigenvalue weighted by molar-refractivity contribution is -0.109. The molecule has 1 aromatic heterocycles. The lowest BCUT2D eigenvalue weighted by atomic mass is 10.1. The Bertz CT molecular complexity index is 1120. The van der Waals surface area contributed by atoms with Gasteiger partial charge in [0.15, 0.2) is 12.5 Å². The fourth-order valence-corrected chi connectivity index (χ4v) is 3.40. The number of carbonyl (C=O) groups excluding carboxylic acids is 1. The maximum atomic E-state index is 12.2. The quantitative estimate of drug-likeness (QED) is 0.615. The molecule has 7 nitrogen and oxygen atoms in total. The lowest BCUT2D eigenvalue weighted by Crippen LogP contribution is -2.54. The van der Waals surface area contributed by atoms with Gasteiger partial charge in [-0.25, -0.2) is 5.01 Å². The number of ether oxygens (including phenoxy) is 1. The first-order chi connectivity index (χ1) is 14.7. The second-order valence-corrected chi connectivity index (χ2v) is 6.61. The van der Waals surface area contributed by atoms with Crippen LogP contribution >= 0.6 is 0 Å². The average Bonchev–Trinajstić information content (AvgIpc) is 2.83. The molecule has 0 spiro atoms. The summed E-state index contributed by atoms with van der Waals surface area (Å²) in [6.45, 7) is 0.374. The fourth-order valence-electron chi connectivity index (χ4n) is 3.40. The van der Waals surface area contributed by atoms with Crippen LogP contribution in [0.1, 0.15) is 11.3 Å². The number of hydrogen-bond acceptors (Lipinski definition) is 7. The second kappa shape index (κ2) is 8.45. The minimum Gasteiger partial charge on any atom is -0.497 e. The van der Waals surface area contributed by atoms with Crippen LogP contribution in [0.2, 0.25) is 0 Å². The predicted octanol–water partition coefficient (Wildman–Crippen LogP) is 3.22. The zero-order chi connectivity index (χ0) is 20.9. The van der Waals surface area contributed by atoms with Crippen molar-refractivity contribution in [2.75, 3.05) is 23.6 Å². The van der Waals surface area contributed by atoms with Crippen molar-refractivity contribution in [2.45, 2.75) is 6.17 Å². The number of aldehydes is 1. The van der Waals surface area contributed by atoms with Crippen molar-refractivity contribution in [3.63, 3.8) is 0 Å². The number of pyridine rings is 1. The van der Waals surface area contributed by atoms with Gasteiger partial charge in [0.25, 0.3) is 0 Å². The first kappa shape index (κ1) is 19.2. The number of aromatic nitrogens is 1. The van der Waals surface area contributed by atoms with Gasteiger partial charge >= 0.3 is 0 Å². The molecule has 0 N–H and O–H groups in total. The van der Waals surface area contributed by atoms with Gasteiger partial charge in [0.2, 0.25) is 0 Å². The van der Waals surface area contributed by atoms with Crippen molar-refractivity contribution in [3.8, 4) is 11.8 Å². The summed E-state index contributed by atoms with van der Waals surface area (Å²) in [5.41, 5.74) is 3.17. The van der Waals surface area contributed by atoms with Gasteiger partial charge in [-0.05, 0) is 36.4 Å². The third kappa shape index (κ3) is 3.59. The van der Waals surface area contributed by atoms with E-state index in [0.717, 1.165) is 12.0 Å². The molecule has 0 amide bonds. The molecule has 1 atom stereocenters. The van der Waals surface area contributed by atoms with Crippen LogP contribution in [0.15, 0.2) is 78.0 Å². The predicted molar refractivity (Wildman–Crippen MR) is 115 cm³/mol. The Morgan fingerprint density at radius 1 is 1.13 bits per heavy atom. The Balaban J connectivity index is 1.87. The number of rotatable bonds is 5. The molecule has 2 heterocycles. The zero-order valence-electron chi connectivity index (χ0n) is 16.3. The van der Waals surface area contributed by atoms with Crippen molar-refractivity contribution in [1.29, 1.82) is 5.26 Å². The third-order valence-electron chi connectivity index (χ3n) is 4.86. The molecule has 0 radical (unpaired) electrons. The Labute approximate surface area is 174 Å². The highest BCUT2D eigenvalue weighted by molar-refractivity contribution is 6.04. The normalized spacial score (nSPS) is 15.9. The van der Waals surface area contributed by atoms with Crippen LogP contribution in [0.5, 0.6) is 5.75 Å². The van der Waals surface area contributed by atoms with Crippen LogP contribution in [-0.2, 0) is 4.79 Å². The van der Waals surface area contributed by atoms with Gasteiger partial charge in [-0.2, -0.15) is 10.4 Å². The highest BCUT2D eigenvalue weighted by atomic mass is 16.5. The summed E-state index contributed by atoms with van der Waals surface area (Å²) in [5, 5.41) is 15.9. The molecule has 0 saturated heterocycles. The number of anilines is 2. The smallest absolute Gasteiger partial charge is 0.180 e. The molecule has 1 aliphatic rings. The molecule has 3 aromatic rings. The third-order valence-corrected chi connectivity index (χ3v) is 4.86. The summed E-state index contributed by atoms with van der Waals surface area (Å²) in [6, 6.07) is 22.4. The second-order valence-electron chi connectivity index (χ2n) is 6.61. The van der Waals surface area contributed by atoms with Gasteiger partial charge in [-0.3, -0.25) is 9.78 Å². The summed E-state index contributed by atoms with van der Waals surface area (Å²) in [5.74, 6) is 0.683. The summed E-state index contributed by atoms with van der Waals surface area (Å²) in [7, 11) is 1.60. The average molecular weight is 397 g/mol. The Kier molecular flexibility index (Phi) is 5.39. The molecule has 148 valence electrons. The summed E-state index contributed by atoms with van der Waals surface area (Å²) in [6.07, 6.45) is 1.79. The van der Waals surface area contributed by atoms with E-state index >= 15 is 0 Å². The Morgan fingerprint density at radius 2 is 1.97 bits per heavy atom. The Morgan fingerprint density at radius 3 is 2.70 bits per heavy atom. The van der Waals surface area contributed by atoms with E-state index in [9.17, 15) is 10.1 Å². The van der Waals surface area contributed by atoms with Crippen LogP contribution < -0.4 is 14.6 Å². The van der Waals surface area contributed by atoms with Gasteiger partial charge in [-0.1, -0.05) is 24.3 Å². The van der Waals surface area contributed by atoms with Crippen molar-refractivity contribution in [3.05, 3.63) is 84.2 Å². The highest BCUT2D eigenvalue weighted by Gasteiger charge is 2.33. The van der Waals surface area contributed by atoms with E-state index in [-0.39, 0.29) is 0 Å². The van der Waals surface area contributed by atoms with Gasteiger partial charge in [0.05, 0.1) is 30.6 Å². The van der Waals surface area contributed by atoms with E-state index in [1.807, 2.05) is 53.4 Å². The van der Waals surface area contributed by atoms with Crippen molar-refractivity contribution >= 4 is 23.4 Å². The maximum absolute atomic E-state index is 12.2. The molecule has 0 bridgehead atoms. The number of carbonyl (C=O) groups is 1. The van der Waals surface area contributed by atoms with Gasteiger partial charge in [-0.15, -0.1) is 0 Å². The first-order valence-electron chi connectivity index (χ1n) is 9.38. The van der Waals surface area contributed by atoms with Gasteiger partial charge < -0.3 is 9.64 Å². The van der Waals surface area contributed by atoms with Crippen LogP contribution in [0.4, 0.5) is 11.4 Å². The molecule has 30 heavy (non-hydrogen) atoms. The van der Waals surface area contributed by atoms with Crippen molar-refractivity contribution < 1.29 is 9.53 Å². The lowest BCUT2D eigenvalue weighted by Gasteiger charge is -2.40. The van der Waals surface area contributed by atoms with Crippen LogP contribution in [0.3, 0.4) is 0 Å². The van der Waals surface area contributed by atoms with E-state index in [4.69, 9.17) is 9.84 Å². The number of benzene rings is 2. The first-order valence-corrected chi connectivity index (χ1v) is 9.38. The maximum Gasteiger partial charge on any atom is 0.180 e. The topological polar surface area (TPSA) is 81.8 Å². The molecule has 7 heteroatoms. The molecule has 0 saturated carbocycles. The number of methoxy groups -OCH3 is 1. The summed E-state index contributed by atoms with van der Waals surface area (Å²) in [4.78, 5) is 18.6. The number of hydrogen-bond donors (Lipinski definition) is 0. The molecule has 1 unspecified atom stereocenters. The fraction of sp³-hybridized carbons (Fsp3) is 0.130. The highest BCUT2D eigenvalue weighted by Crippen LogP contribution is 2.31. The van der Waals surface area contributed by atoms with E-state index in [1.165, 1.54) is 0 Å². The molecule has 0 fully saturated rings. The van der Waals surface area contributed by atoms with E-state index in [1.54, 1.807) is 36.5 Å². The number of para-hydroxylation sites is 1. The van der Waals surface area contributed by atoms with Gasteiger partial charge in [0.1, 0.15) is 17.5 Å². The molecule has 1 aliphatic heterocycles. The van der Waals surface area contributed by atoms with E-state index < -0.39 is 6.17 Å². The van der Waals surface area contributed by atoms with Crippen LogP contribution in [0.25, 0.3) is 0 Å². The summed E-state index contributed by atoms with van der Waals surface area (Å²) >= 11 is 0. The monoisotopic (exact) mass is 397 g/mol. The standard InChI is InChI=1S/C23H19N5O2/c1-30-19-9-6-8-18(13-19)27-15-21(20-10-4-5-12-25-20)26-28(23(27)16-29)22-11-3-2-7-17(22)14-24/h2-13,16,23H,15H2,1H3. The summed E-state index contributed by atoms with van der Waals surface area (Å²) < 4.78 is 5.36. The van der Waals surface area contributed by atoms with E-state index in [0.29, 0.717) is 35.0 Å². The van der Waals surface area contributed by atoms with Crippen LogP contribution in [0, 0.1) is 11.3 Å². The number of nitrogens with zero attached hydrogens (tertiary/aromatic N) is 5. The largest absolute Gasteiger partial charge is 0.497 e. The SMILES string of the molecule is COc1cccc(N2CC(c3ccccn3)=NN(c3ccccc3C#N)C2C=O)c1. The van der Waals surface area contributed by atoms with Crippen LogP contribution in [-0.4, -0.2) is 36.8 Å². The molecule has 0 aliphatic carbocycles. The zero-order valence-corrected chi connectivity index (χ0v) is 16.3.